The maximum atomic E-state index is 11.9. The minimum absolute atomic E-state index is 0.0415. The van der Waals surface area contributed by atoms with Gasteiger partial charge in [-0.15, -0.1) is 0 Å². The summed E-state index contributed by atoms with van der Waals surface area (Å²) in [4.78, 5) is 23.5. The zero-order chi connectivity index (χ0) is 11.1. The maximum Gasteiger partial charge on any atom is 0.308 e. The van der Waals surface area contributed by atoms with E-state index in [0.717, 1.165) is 19.3 Å². The highest BCUT2D eigenvalue weighted by molar-refractivity contribution is 5.88. The van der Waals surface area contributed by atoms with Crippen molar-refractivity contribution in [3.8, 4) is 0 Å². The van der Waals surface area contributed by atoms with Crippen LogP contribution in [0.3, 0.4) is 0 Å². The Morgan fingerprint density at radius 3 is 2.87 bits per heavy atom. The van der Waals surface area contributed by atoms with Gasteiger partial charge < -0.3 is 4.74 Å². The van der Waals surface area contributed by atoms with E-state index in [1.165, 1.54) is 7.11 Å². The van der Waals surface area contributed by atoms with Crippen molar-refractivity contribution in [2.24, 2.45) is 17.3 Å². The van der Waals surface area contributed by atoms with Crippen LogP contribution in [0.25, 0.3) is 0 Å². The van der Waals surface area contributed by atoms with Crippen LogP contribution in [0, 0.1) is 17.3 Å². The minimum Gasteiger partial charge on any atom is -0.469 e. The van der Waals surface area contributed by atoms with Crippen molar-refractivity contribution >= 4 is 11.8 Å². The fourth-order valence-corrected chi connectivity index (χ4v) is 3.39. The van der Waals surface area contributed by atoms with Gasteiger partial charge in [0.25, 0.3) is 0 Å². The second-order valence-corrected chi connectivity index (χ2v) is 5.01. The molecule has 2 rings (SSSR count). The van der Waals surface area contributed by atoms with E-state index in [1.54, 1.807) is 0 Å². The van der Waals surface area contributed by atoms with Gasteiger partial charge in [-0.1, -0.05) is 13.3 Å². The van der Waals surface area contributed by atoms with Gasteiger partial charge in [0, 0.05) is 11.8 Å². The molecule has 0 radical (unpaired) electrons. The van der Waals surface area contributed by atoms with Crippen LogP contribution in [0.15, 0.2) is 0 Å². The quantitative estimate of drug-likeness (QED) is 0.621. The van der Waals surface area contributed by atoms with Crippen molar-refractivity contribution in [1.29, 1.82) is 0 Å². The molecule has 0 aromatic carbocycles. The standard InChI is InChI=1S/C12H18O3/c1-12-7-3-4-9(12)8(11(14)15-2)5-6-10(12)13/h8-9H,3-7H2,1-2H3/t8-,9+,12+/m1/s1. The summed E-state index contributed by atoms with van der Waals surface area (Å²) in [6, 6.07) is 0. The predicted molar refractivity (Wildman–Crippen MR) is 55.2 cm³/mol. The lowest BCUT2D eigenvalue weighted by Crippen LogP contribution is -2.43. The molecular weight excluding hydrogens is 192 g/mol. The maximum absolute atomic E-state index is 11.9. The number of ketones is 1. The average Bonchev–Trinajstić information content (AvgIpc) is 2.62. The van der Waals surface area contributed by atoms with Crippen molar-refractivity contribution in [2.45, 2.75) is 39.0 Å². The molecule has 0 N–H and O–H groups in total. The van der Waals surface area contributed by atoms with Gasteiger partial charge in [0.05, 0.1) is 13.0 Å². The number of rotatable bonds is 1. The topological polar surface area (TPSA) is 43.4 Å². The molecule has 0 amide bonds. The first-order chi connectivity index (χ1) is 7.09. The normalized spacial score (nSPS) is 40.0. The van der Waals surface area contributed by atoms with Gasteiger partial charge in [0.15, 0.2) is 0 Å². The number of methoxy groups -OCH3 is 1. The molecule has 2 aliphatic rings. The third-order valence-electron chi connectivity index (χ3n) is 4.34. The second-order valence-electron chi connectivity index (χ2n) is 5.01. The SMILES string of the molecule is COC(=O)[C@@H]1CCC(=O)[C@@]2(C)CCC[C@@H]12. The van der Waals surface area contributed by atoms with Gasteiger partial charge in [0.2, 0.25) is 0 Å². The molecule has 2 fully saturated rings. The van der Waals surface area contributed by atoms with Crippen molar-refractivity contribution in [2.75, 3.05) is 7.11 Å². The summed E-state index contributed by atoms with van der Waals surface area (Å²) in [5, 5.41) is 0. The third kappa shape index (κ3) is 1.48. The number of hydrogen-bond donors (Lipinski definition) is 0. The van der Waals surface area contributed by atoms with Crippen LogP contribution in [-0.4, -0.2) is 18.9 Å². The molecule has 3 atom stereocenters. The first-order valence-electron chi connectivity index (χ1n) is 5.70. The number of hydrogen-bond acceptors (Lipinski definition) is 3. The predicted octanol–water partition coefficient (Wildman–Crippen LogP) is 1.94. The number of fused-ring (bicyclic) bond motifs is 1. The summed E-state index contributed by atoms with van der Waals surface area (Å²) in [5.74, 6) is 0.414. The average molecular weight is 210 g/mol. The van der Waals surface area contributed by atoms with Crippen LogP contribution < -0.4 is 0 Å². The Kier molecular flexibility index (Phi) is 2.57. The van der Waals surface area contributed by atoms with Crippen LogP contribution >= 0.6 is 0 Å². The van der Waals surface area contributed by atoms with E-state index >= 15 is 0 Å². The molecule has 0 bridgehead atoms. The van der Waals surface area contributed by atoms with Crippen LogP contribution in [0.2, 0.25) is 0 Å². The van der Waals surface area contributed by atoms with Crippen LogP contribution in [0.1, 0.15) is 39.0 Å². The van der Waals surface area contributed by atoms with Gasteiger partial charge in [-0.25, -0.2) is 0 Å². The largest absolute Gasteiger partial charge is 0.469 e. The van der Waals surface area contributed by atoms with Crippen molar-refractivity contribution in [3.63, 3.8) is 0 Å². The lowest BCUT2D eigenvalue weighted by atomic mass is 9.64. The van der Waals surface area contributed by atoms with E-state index in [0.29, 0.717) is 18.6 Å². The molecule has 0 aliphatic heterocycles. The highest BCUT2D eigenvalue weighted by Gasteiger charge is 2.52. The summed E-state index contributed by atoms with van der Waals surface area (Å²) < 4.78 is 4.83. The van der Waals surface area contributed by atoms with E-state index < -0.39 is 0 Å². The van der Waals surface area contributed by atoms with E-state index in [4.69, 9.17) is 4.74 Å². The molecule has 0 spiro atoms. The molecule has 2 aliphatic carbocycles. The first-order valence-corrected chi connectivity index (χ1v) is 5.70. The molecule has 84 valence electrons. The molecule has 15 heavy (non-hydrogen) atoms. The Morgan fingerprint density at radius 1 is 1.47 bits per heavy atom. The lowest BCUT2D eigenvalue weighted by Gasteiger charge is -2.39. The fourth-order valence-electron chi connectivity index (χ4n) is 3.39. The van der Waals surface area contributed by atoms with Gasteiger partial charge in [-0.05, 0) is 25.2 Å². The van der Waals surface area contributed by atoms with Gasteiger partial charge in [-0.3, -0.25) is 9.59 Å². The fraction of sp³-hybridized carbons (Fsp3) is 0.833. The summed E-state index contributed by atoms with van der Waals surface area (Å²) in [6.07, 6.45) is 4.25. The third-order valence-corrected chi connectivity index (χ3v) is 4.34. The number of carbonyl (C=O) groups is 2. The highest BCUT2D eigenvalue weighted by atomic mass is 16.5. The number of ether oxygens (including phenoxy) is 1. The molecule has 0 aromatic rings. The molecule has 3 nitrogen and oxygen atoms in total. The Bertz CT molecular complexity index is 297. The lowest BCUT2D eigenvalue weighted by molar-refractivity contribution is -0.154. The smallest absolute Gasteiger partial charge is 0.308 e. The van der Waals surface area contributed by atoms with Crippen LogP contribution in [-0.2, 0) is 14.3 Å². The van der Waals surface area contributed by atoms with E-state index in [1.807, 2.05) is 6.92 Å². The van der Waals surface area contributed by atoms with Gasteiger partial charge in [0.1, 0.15) is 5.78 Å². The van der Waals surface area contributed by atoms with Gasteiger partial charge >= 0.3 is 5.97 Å². The molecule has 2 saturated carbocycles. The summed E-state index contributed by atoms with van der Waals surface area (Å²) in [7, 11) is 1.44. The molecule has 0 heterocycles. The second kappa shape index (κ2) is 3.62. The van der Waals surface area contributed by atoms with Gasteiger partial charge in [-0.2, -0.15) is 0 Å². The molecule has 3 heteroatoms. The van der Waals surface area contributed by atoms with Crippen LogP contribution in [0.4, 0.5) is 0 Å². The molecule has 0 aromatic heterocycles. The monoisotopic (exact) mass is 210 g/mol. The Hall–Kier alpha value is -0.860. The zero-order valence-corrected chi connectivity index (χ0v) is 9.41. The number of carbonyl (C=O) groups excluding carboxylic acids is 2. The summed E-state index contributed by atoms with van der Waals surface area (Å²) >= 11 is 0. The van der Waals surface area contributed by atoms with Crippen LogP contribution in [0.5, 0.6) is 0 Å². The zero-order valence-electron chi connectivity index (χ0n) is 9.41. The van der Waals surface area contributed by atoms with Crippen molar-refractivity contribution in [3.05, 3.63) is 0 Å². The first kappa shape index (κ1) is 10.7. The minimum atomic E-state index is -0.239. The highest BCUT2D eigenvalue weighted by Crippen LogP contribution is 2.52. The molecule has 0 saturated heterocycles. The van der Waals surface area contributed by atoms with Crippen molar-refractivity contribution in [1.82, 2.24) is 0 Å². The van der Waals surface area contributed by atoms with E-state index in [2.05, 4.69) is 0 Å². The van der Waals surface area contributed by atoms with E-state index in [-0.39, 0.29) is 23.2 Å². The Morgan fingerprint density at radius 2 is 2.20 bits per heavy atom. The number of esters is 1. The molecular formula is C12H18O3. The number of Topliss-reactive ketones (excluding diaryl/α,β-unsaturated/α-hetero) is 1. The Balaban J connectivity index is 2.24. The van der Waals surface area contributed by atoms with Crippen molar-refractivity contribution < 1.29 is 14.3 Å². The summed E-state index contributed by atoms with van der Waals surface area (Å²) in [6.45, 7) is 2.03. The van der Waals surface area contributed by atoms with E-state index in [9.17, 15) is 9.59 Å². The summed E-state index contributed by atoms with van der Waals surface area (Å²) in [5.41, 5.74) is -0.239. The molecule has 0 unspecified atom stereocenters. The Labute approximate surface area is 90.2 Å².